The molecular weight excluding hydrogens is 238 g/mol. The van der Waals surface area contributed by atoms with Crippen molar-refractivity contribution < 1.29 is 4.79 Å². The van der Waals surface area contributed by atoms with Crippen molar-refractivity contribution in [2.24, 2.45) is 23.2 Å². The highest BCUT2D eigenvalue weighted by atomic mass is 16.1. The summed E-state index contributed by atoms with van der Waals surface area (Å²) in [6, 6.07) is 0. The molecule has 1 aromatic rings. The molecule has 4 bridgehead atoms. The fraction of sp³-hybridized carbons (Fsp3) is 0.733. The highest BCUT2D eigenvalue weighted by molar-refractivity contribution is 6.02. The van der Waals surface area contributed by atoms with Crippen LogP contribution in [-0.4, -0.2) is 15.8 Å². The maximum Gasteiger partial charge on any atom is 0.189 e. The summed E-state index contributed by atoms with van der Waals surface area (Å²) in [6.07, 6.45) is 7.29. The Hall–Kier alpha value is -1.32. The van der Waals surface area contributed by atoms with Gasteiger partial charge in [-0.25, -0.2) is 4.98 Å². The number of ketones is 1. The molecule has 0 radical (unpaired) electrons. The molecule has 3 N–H and O–H groups in total. The first kappa shape index (κ1) is 11.5. The monoisotopic (exact) mass is 259 g/mol. The minimum atomic E-state index is -0.123. The molecule has 5 rings (SSSR count). The maximum atomic E-state index is 13.0. The summed E-state index contributed by atoms with van der Waals surface area (Å²) in [5, 5.41) is 0. The molecule has 1 aromatic heterocycles. The first-order chi connectivity index (χ1) is 9.06. The van der Waals surface area contributed by atoms with Gasteiger partial charge in [0.05, 0.1) is 0 Å². The Morgan fingerprint density at radius 2 is 1.74 bits per heavy atom. The summed E-state index contributed by atoms with van der Waals surface area (Å²) in [7, 11) is 0. The number of carbonyl (C=O) groups is 1. The number of nitrogens with zero attached hydrogens (tertiary/aromatic N) is 1. The predicted molar refractivity (Wildman–Crippen MR) is 72.7 cm³/mol. The number of aromatic amines is 1. The number of anilines is 1. The Morgan fingerprint density at radius 3 is 2.16 bits per heavy atom. The minimum Gasteiger partial charge on any atom is -0.382 e. The molecule has 4 aliphatic carbocycles. The molecule has 4 aliphatic rings. The average Bonchev–Trinajstić information content (AvgIpc) is 2.65. The molecule has 0 amide bonds. The van der Waals surface area contributed by atoms with Crippen LogP contribution in [0, 0.1) is 30.1 Å². The number of aryl methyl sites for hydroxylation is 1. The summed E-state index contributed by atoms with van der Waals surface area (Å²) in [5.74, 6) is 3.70. The number of nitrogen functional groups attached to an aromatic ring is 1. The van der Waals surface area contributed by atoms with Gasteiger partial charge >= 0.3 is 0 Å². The number of carbonyl (C=O) groups excluding carboxylic acids is 1. The van der Waals surface area contributed by atoms with Crippen LogP contribution < -0.4 is 5.73 Å². The third kappa shape index (κ3) is 1.58. The second kappa shape index (κ2) is 3.62. The standard InChI is InChI=1S/C15H21N3O/c1-8-17-12(14(16)18-8)13(19)15-5-9-2-10(6-15)4-11(3-9)7-15/h9-11H,2-7,16H2,1H3,(H,17,18). The molecule has 0 atom stereocenters. The lowest BCUT2D eigenvalue weighted by molar-refractivity contribution is -0.0354. The SMILES string of the molecule is Cc1nc(N)c(C(=O)C23CC4CC(CC(C4)C2)C3)[nH]1. The lowest BCUT2D eigenvalue weighted by atomic mass is 9.48. The van der Waals surface area contributed by atoms with Crippen LogP contribution in [0.2, 0.25) is 0 Å². The highest BCUT2D eigenvalue weighted by Crippen LogP contribution is 2.61. The summed E-state index contributed by atoms with van der Waals surface area (Å²) in [6.45, 7) is 1.85. The highest BCUT2D eigenvalue weighted by Gasteiger charge is 2.55. The largest absolute Gasteiger partial charge is 0.382 e. The van der Waals surface area contributed by atoms with Gasteiger partial charge in [-0.15, -0.1) is 0 Å². The van der Waals surface area contributed by atoms with Gasteiger partial charge < -0.3 is 10.7 Å². The van der Waals surface area contributed by atoms with Gasteiger partial charge in [0, 0.05) is 5.41 Å². The van der Waals surface area contributed by atoms with Crippen molar-refractivity contribution in [1.82, 2.24) is 9.97 Å². The molecule has 0 aromatic carbocycles. The molecule has 4 saturated carbocycles. The zero-order valence-corrected chi connectivity index (χ0v) is 11.4. The third-order valence-electron chi connectivity index (χ3n) is 5.60. The lowest BCUT2D eigenvalue weighted by Gasteiger charge is -2.55. The summed E-state index contributed by atoms with van der Waals surface area (Å²) >= 11 is 0. The van der Waals surface area contributed by atoms with Crippen molar-refractivity contribution in [3.8, 4) is 0 Å². The minimum absolute atomic E-state index is 0.123. The van der Waals surface area contributed by atoms with E-state index in [1.807, 2.05) is 6.92 Å². The van der Waals surface area contributed by atoms with Crippen LogP contribution in [0.5, 0.6) is 0 Å². The zero-order valence-electron chi connectivity index (χ0n) is 11.4. The van der Waals surface area contributed by atoms with E-state index in [1.54, 1.807) is 0 Å². The topological polar surface area (TPSA) is 71.8 Å². The lowest BCUT2D eigenvalue weighted by Crippen LogP contribution is -2.50. The number of H-pyrrole nitrogens is 1. The molecule has 0 unspecified atom stereocenters. The molecule has 1 heterocycles. The Kier molecular flexibility index (Phi) is 2.19. The van der Waals surface area contributed by atoms with Crippen LogP contribution in [0.3, 0.4) is 0 Å². The van der Waals surface area contributed by atoms with E-state index in [0.717, 1.165) is 42.8 Å². The van der Waals surface area contributed by atoms with Crippen LogP contribution >= 0.6 is 0 Å². The van der Waals surface area contributed by atoms with Gasteiger partial charge in [0.15, 0.2) is 11.6 Å². The molecule has 4 fully saturated rings. The number of nitrogens with two attached hydrogens (primary N) is 1. The van der Waals surface area contributed by atoms with Crippen molar-refractivity contribution >= 4 is 11.6 Å². The van der Waals surface area contributed by atoms with E-state index < -0.39 is 0 Å². The third-order valence-corrected chi connectivity index (χ3v) is 5.60. The molecule has 0 saturated heterocycles. The maximum absolute atomic E-state index is 13.0. The van der Waals surface area contributed by atoms with Gasteiger partial charge in [-0.3, -0.25) is 4.79 Å². The quantitative estimate of drug-likeness (QED) is 0.802. The smallest absolute Gasteiger partial charge is 0.189 e. The number of Topliss-reactive ketones (excluding diaryl/α,β-unsaturated/α-hetero) is 1. The van der Waals surface area contributed by atoms with E-state index in [1.165, 1.54) is 19.3 Å². The average molecular weight is 259 g/mol. The van der Waals surface area contributed by atoms with Gasteiger partial charge in [-0.1, -0.05) is 0 Å². The predicted octanol–water partition coefficient (Wildman–Crippen LogP) is 2.70. The Balaban J connectivity index is 1.72. The Bertz CT molecular complexity index is 510. The van der Waals surface area contributed by atoms with Crippen molar-refractivity contribution in [1.29, 1.82) is 0 Å². The number of hydrogen-bond donors (Lipinski definition) is 2. The van der Waals surface area contributed by atoms with Gasteiger partial charge in [0.2, 0.25) is 0 Å². The molecule has 19 heavy (non-hydrogen) atoms. The molecule has 0 spiro atoms. The molecule has 102 valence electrons. The molecular formula is C15H21N3O. The van der Waals surface area contributed by atoms with Crippen molar-refractivity contribution in [2.75, 3.05) is 5.73 Å². The van der Waals surface area contributed by atoms with Crippen molar-refractivity contribution in [3.05, 3.63) is 11.5 Å². The van der Waals surface area contributed by atoms with Crippen LogP contribution in [0.1, 0.15) is 54.8 Å². The fourth-order valence-electron chi connectivity index (χ4n) is 5.34. The fourth-order valence-corrected chi connectivity index (χ4v) is 5.34. The van der Waals surface area contributed by atoms with Gasteiger partial charge in [-0.05, 0) is 63.2 Å². The molecule has 4 nitrogen and oxygen atoms in total. The van der Waals surface area contributed by atoms with Gasteiger partial charge in [-0.2, -0.15) is 0 Å². The van der Waals surface area contributed by atoms with E-state index in [2.05, 4.69) is 9.97 Å². The van der Waals surface area contributed by atoms with E-state index in [4.69, 9.17) is 5.73 Å². The number of rotatable bonds is 2. The van der Waals surface area contributed by atoms with E-state index in [9.17, 15) is 4.79 Å². The normalized spacial score (nSPS) is 39.7. The van der Waals surface area contributed by atoms with E-state index in [0.29, 0.717) is 11.5 Å². The van der Waals surface area contributed by atoms with Gasteiger partial charge in [0.1, 0.15) is 11.5 Å². The first-order valence-corrected chi connectivity index (χ1v) is 7.42. The van der Waals surface area contributed by atoms with Crippen LogP contribution in [-0.2, 0) is 0 Å². The summed E-state index contributed by atoms with van der Waals surface area (Å²) in [4.78, 5) is 20.2. The van der Waals surface area contributed by atoms with Crippen LogP contribution in [0.4, 0.5) is 5.82 Å². The second-order valence-electron chi connectivity index (χ2n) is 7.11. The first-order valence-electron chi connectivity index (χ1n) is 7.42. The zero-order chi connectivity index (χ0) is 13.2. The number of aromatic nitrogens is 2. The Labute approximate surface area is 113 Å². The number of nitrogens with one attached hydrogen (secondary N) is 1. The van der Waals surface area contributed by atoms with Crippen LogP contribution in [0.25, 0.3) is 0 Å². The second-order valence-corrected chi connectivity index (χ2v) is 7.11. The van der Waals surface area contributed by atoms with Crippen LogP contribution in [0.15, 0.2) is 0 Å². The van der Waals surface area contributed by atoms with Gasteiger partial charge in [0.25, 0.3) is 0 Å². The van der Waals surface area contributed by atoms with Crippen molar-refractivity contribution in [3.63, 3.8) is 0 Å². The van der Waals surface area contributed by atoms with E-state index >= 15 is 0 Å². The molecule has 0 aliphatic heterocycles. The summed E-state index contributed by atoms with van der Waals surface area (Å²) < 4.78 is 0. The van der Waals surface area contributed by atoms with Crippen molar-refractivity contribution in [2.45, 2.75) is 45.4 Å². The number of hydrogen-bond acceptors (Lipinski definition) is 3. The number of imidazole rings is 1. The van der Waals surface area contributed by atoms with E-state index in [-0.39, 0.29) is 11.2 Å². The summed E-state index contributed by atoms with van der Waals surface area (Å²) in [5.41, 5.74) is 6.34. The Morgan fingerprint density at radius 1 is 1.21 bits per heavy atom. The molecule has 4 heteroatoms.